The Balaban J connectivity index is 1.47. The summed E-state index contributed by atoms with van der Waals surface area (Å²) in [6.07, 6.45) is 1.39. The highest BCUT2D eigenvalue weighted by Crippen LogP contribution is 2.37. The molecule has 1 aliphatic heterocycles. The zero-order chi connectivity index (χ0) is 25.3. The van der Waals surface area contributed by atoms with E-state index in [4.69, 9.17) is 9.72 Å². The lowest BCUT2D eigenvalue weighted by Crippen LogP contribution is -2.32. The molecule has 0 bridgehead atoms. The van der Waals surface area contributed by atoms with Crippen LogP contribution < -0.4 is 10.9 Å². The van der Waals surface area contributed by atoms with Crippen molar-refractivity contribution in [2.45, 2.75) is 57.5 Å². The Kier molecular flexibility index (Phi) is 7.01. The van der Waals surface area contributed by atoms with Crippen LogP contribution in [-0.2, 0) is 35.5 Å². The van der Waals surface area contributed by atoms with Crippen molar-refractivity contribution in [1.82, 2.24) is 9.55 Å². The first-order chi connectivity index (χ1) is 17.3. The number of carbonyl (C=O) groups excluding carboxylic acids is 1. The minimum absolute atomic E-state index is 0.0343. The van der Waals surface area contributed by atoms with Crippen molar-refractivity contribution < 1.29 is 9.53 Å². The number of nitrogens with one attached hydrogen (secondary N) is 1. The summed E-state index contributed by atoms with van der Waals surface area (Å²) in [7, 11) is 0. The van der Waals surface area contributed by atoms with Gasteiger partial charge >= 0.3 is 0 Å². The first-order valence-electron chi connectivity index (χ1n) is 12.0. The number of thioether (sulfide) groups is 1. The summed E-state index contributed by atoms with van der Waals surface area (Å²) in [5.41, 5.74) is 3.66. The van der Waals surface area contributed by atoms with Crippen LogP contribution in [0.15, 0.2) is 64.5 Å². The third-order valence-corrected chi connectivity index (χ3v) is 8.45. The lowest BCUT2D eigenvalue weighted by Gasteiger charge is -2.29. The van der Waals surface area contributed by atoms with E-state index in [-0.39, 0.29) is 22.8 Å². The second kappa shape index (κ2) is 10.2. The Bertz CT molecular complexity index is 1470. The first-order valence-corrected chi connectivity index (χ1v) is 13.8. The van der Waals surface area contributed by atoms with Crippen molar-refractivity contribution in [2.24, 2.45) is 0 Å². The van der Waals surface area contributed by atoms with Crippen LogP contribution in [0.3, 0.4) is 0 Å². The van der Waals surface area contributed by atoms with Gasteiger partial charge in [0, 0.05) is 23.5 Å². The molecule has 0 saturated heterocycles. The van der Waals surface area contributed by atoms with Crippen LogP contribution in [-0.4, -0.2) is 26.8 Å². The molecule has 6 nitrogen and oxygen atoms in total. The van der Waals surface area contributed by atoms with Crippen LogP contribution in [0.25, 0.3) is 10.2 Å². The minimum atomic E-state index is -0.316. The van der Waals surface area contributed by atoms with Gasteiger partial charge in [0.2, 0.25) is 5.91 Å². The average molecular weight is 520 g/mol. The number of fused-ring (bicyclic) bond motifs is 3. The summed E-state index contributed by atoms with van der Waals surface area (Å²) in [6, 6.07) is 17.8. The molecule has 2 aromatic carbocycles. The van der Waals surface area contributed by atoms with Gasteiger partial charge in [0.25, 0.3) is 5.56 Å². The molecule has 0 atom stereocenters. The number of hydrogen-bond acceptors (Lipinski definition) is 6. The van der Waals surface area contributed by atoms with E-state index in [1.54, 1.807) is 4.57 Å². The highest BCUT2D eigenvalue weighted by molar-refractivity contribution is 7.99. The zero-order valence-corrected chi connectivity index (χ0v) is 22.3. The van der Waals surface area contributed by atoms with Gasteiger partial charge in [-0.15, -0.1) is 11.3 Å². The van der Waals surface area contributed by atoms with Crippen molar-refractivity contribution in [3.63, 3.8) is 0 Å². The van der Waals surface area contributed by atoms with E-state index < -0.39 is 0 Å². The van der Waals surface area contributed by atoms with Gasteiger partial charge in [-0.3, -0.25) is 14.2 Å². The summed E-state index contributed by atoms with van der Waals surface area (Å²) in [5.74, 6) is 0.0395. The SMILES string of the molecule is Cc1ccccc1NC(=O)CSc1nc2sc3c(c2c(=O)n1CCc1ccccc1)CC(C)(C)OC3. The second-order valence-corrected chi connectivity index (χ2v) is 11.7. The van der Waals surface area contributed by atoms with Crippen molar-refractivity contribution in [2.75, 3.05) is 11.1 Å². The number of rotatable bonds is 7. The van der Waals surface area contributed by atoms with Gasteiger partial charge in [0.1, 0.15) is 4.83 Å². The van der Waals surface area contributed by atoms with Crippen molar-refractivity contribution in [1.29, 1.82) is 0 Å². The molecule has 1 amide bonds. The molecule has 3 heterocycles. The number of nitrogens with zero attached hydrogens (tertiary/aromatic N) is 2. The summed E-state index contributed by atoms with van der Waals surface area (Å²) in [5, 5.41) is 4.24. The number of aryl methyl sites for hydroxylation is 2. The highest BCUT2D eigenvalue weighted by atomic mass is 32.2. The Morgan fingerprint density at radius 2 is 1.92 bits per heavy atom. The molecule has 8 heteroatoms. The van der Waals surface area contributed by atoms with Gasteiger partial charge in [-0.2, -0.15) is 0 Å². The zero-order valence-electron chi connectivity index (χ0n) is 20.7. The predicted octanol–water partition coefficient (Wildman–Crippen LogP) is 5.59. The second-order valence-electron chi connectivity index (χ2n) is 9.65. The molecule has 0 aliphatic carbocycles. The lowest BCUT2D eigenvalue weighted by atomic mass is 9.94. The molecule has 1 N–H and O–H groups in total. The number of para-hydroxylation sites is 1. The number of carbonyl (C=O) groups is 1. The average Bonchev–Trinajstić information content (AvgIpc) is 3.21. The summed E-state index contributed by atoms with van der Waals surface area (Å²) < 4.78 is 7.73. The maximum absolute atomic E-state index is 13.9. The molecule has 0 radical (unpaired) electrons. The van der Waals surface area contributed by atoms with E-state index in [1.165, 1.54) is 23.1 Å². The van der Waals surface area contributed by atoms with E-state index in [0.717, 1.165) is 32.1 Å². The molecule has 5 rings (SSSR count). The molecule has 4 aromatic rings. The number of benzene rings is 2. The normalized spacial score (nSPS) is 14.5. The Morgan fingerprint density at radius 1 is 1.17 bits per heavy atom. The van der Waals surface area contributed by atoms with Crippen LogP contribution in [0.4, 0.5) is 5.69 Å². The first kappa shape index (κ1) is 24.7. The van der Waals surface area contributed by atoms with Crippen LogP contribution >= 0.6 is 23.1 Å². The third kappa shape index (κ3) is 5.26. The molecule has 1 aliphatic rings. The maximum Gasteiger partial charge on any atom is 0.263 e. The number of thiophene rings is 1. The Morgan fingerprint density at radius 3 is 2.69 bits per heavy atom. The van der Waals surface area contributed by atoms with E-state index in [2.05, 4.69) is 31.3 Å². The molecule has 2 aromatic heterocycles. The van der Waals surface area contributed by atoms with Crippen LogP contribution in [0, 0.1) is 6.92 Å². The van der Waals surface area contributed by atoms with Crippen molar-refractivity contribution in [3.8, 4) is 0 Å². The third-order valence-electron chi connectivity index (χ3n) is 6.37. The fourth-order valence-electron chi connectivity index (χ4n) is 4.43. The topological polar surface area (TPSA) is 73.2 Å². The Hall–Kier alpha value is -2.94. The van der Waals surface area contributed by atoms with Gasteiger partial charge < -0.3 is 10.1 Å². The number of amides is 1. The fraction of sp³-hybridized carbons (Fsp3) is 0.321. The molecular weight excluding hydrogens is 490 g/mol. The van der Waals surface area contributed by atoms with E-state index in [1.807, 2.05) is 49.4 Å². The van der Waals surface area contributed by atoms with Crippen LogP contribution in [0.2, 0.25) is 0 Å². The molecule has 186 valence electrons. The summed E-state index contributed by atoms with van der Waals surface area (Å²) in [4.78, 5) is 33.3. The van der Waals surface area contributed by atoms with Gasteiger partial charge in [0.15, 0.2) is 5.16 Å². The molecule has 0 saturated carbocycles. The van der Waals surface area contributed by atoms with Gasteiger partial charge in [-0.05, 0) is 49.9 Å². The number of hydrogen-bond donors (Lipinski definition) is 1. The highest BCUT2D eigenvalue weighted by Gasteiger charge is 2.31. The molecule has 0 unspecified atom stereocenters. The van der Waals surface area contributed by atoms with E-state index in [0.29, 0.717) is 36.5 Å². The molecule has 36 heavy (non-hydrogen) atoms. The van der Waals surface area contributed by atoms with Gasteiger partial charge in [0.05, 0.1) is 23.3 Å². The van der Waals surface area contributed by atoms with Crippen LogP contribution in [0.1, 0.15) is 35.4 Å². The maximum atomic E-state index is 13.9. The summed E-state index contributed by atoms with van der Waals surface area (Å²) >= 11 is 2.83. The number of anilines is 1. The van der Waals surface area contributed by atoms with Gasteiger partial charge in [-0.25, -0.2) is 4.98 Å². The quantitative estimate of drug-likeness (QED) is 0.255. The number of ether oxygens (including phenoxy) is 1. The largest absolute Gasteiger partial charge is 0.370 e. The van der Waals surface area contributed by atoms with Crippen LogP contribution in [0.5, 0.6) is 0 Å². The predicted molar refractivity (Wildman–Crippen MR) is 147 cm³/mol. The molecule has 0 fully saturated rings. The monoisotopic (exact) mass is 519 g/mol. The molecular formula is C28H29N3O3S2. The summed E-state index contributed by atoms with van der Waals surface area (Å²) in [6.45, 7) is 7.06. The fourth-order valence-corrected chi connectivity index (χ4v) is 6.40. The van der Waals surface area contributed by atoms with Gasteiger partial charge in [-0.1, -0.05) is 60.3 Å². The Labute approximate surface area is 218 Å². The van der Waals surface area contributed by atoms with E-state index in [9.17, 15) is 9.59 Å². The van der Waals surface area contributed by atoms with Crippen molar-refractivity contribution in [3.05, 3.63) is 86.5 Å². The smallest absolute Gasteiger partial charge is 0.263 e. The lowest BCUT2D eigenvalue weighted by molar-refractivity contribution is -0.113. The van der Waals surface area contributed by atoms with E-state index >= 15 is 0 Å². The number of aromatic nitrogens is 2. The molecule has 0 spiro atoms. The minimum Gasteiger partial charge on any atom is -0.370 e. The standard InChI is InChI=1S/C28H29N3O3S2/c1-18-9-7-8-12-21(18)29-23(32)17-35-27-30-25-24(20-15-28(2,3)34-16-22(20)36-25)26(33)31(27)14-13-19-10-5-4-6-11-19/h4-12H,13-17H2,1-3H3,(H,29,32). The van der Waals surface area contributed by atoms with Crippen molar-refractivity contribution >= 4 is 44.9 Å².